The fourth-order valence-electron chi connectivity index (χ4n) is 0. The molecule has 0 radical (unpaired) electrons. The molecule has 0 aliphatic rings. The molecule has 0 spiro atoms. The van der Waals surface area contributed by atoms with Crippen LogP contribution in [0.3, 0.4) is 0 Å². The molecule has 19 heteroatoms. The van der Waals surface area contributed by atoms with Crippen molar-refractivity contribution in [1.29, 1.82) is 0 Å². The standard InChI is InChI=1S/CHF3O3S.2Na.2H2O4S/c2-1(3,4)8(5,6)7;;;2*1-5(2,3)4/h(H,5,6,7);;;2*(H2,1,2,3,4)/q;2*+1;;/p-2. The molecule has 0 saturated carbocycles. The van der Waals surface area contributed by atoms with Crippen LogP contribution in [0.15, 0.2) is 0 Å². The van der Waals surface area contributed by atoms with Gasteiger partial charge in [-0.3, -0.25) is 13.7 Å². The van der Waals surface area contributed by atoms with Gasteiger partial charge in [-0.25, -0.2) is 16.8 Å². The van der Waals surface area contributed by atoms with E-state index < -0.39 is 36.4 Å². The summed E-state index contributed by atoms with van der Waals surface area (Å²) in [5.41, 5.74) is -5.53. The van der Waals surface area contributed by atoms with Crippen LogP contribution in [0.25, 0.3) is 0 Å². The largest absolute Gasteiger partial charge is 1.00 e. The second-order valence-electron chi connectivity index (χ2n) is 1.78. The number of hydrogen-bond acceptors (Lipinski definition) is 8. The Hall–Kier alpha value is 1.44. The third-order valence-electron chi connectivity index (χ3n) is 0.292. The zero-order chi connectivity index (χ0) is 16.0. The van der Waals surface area contributed by atoms with Crippen molar-refractivity contribution in [2.45, 2.75) is 5.51 Å². The molecule has 0 bridgehead atoms. The van der Waals surface area contributed by atoms with Crippen LogP contribution in [-0.2, 0) is 30.9 Å². The first-order valence-electron chi connectivity index (χ1n) is 2.65. The Morgan fingerprint density at radius 2 is 0.750 bits per heavy atom. The monoisotopic (exact) mass is 390 g/mol. The Morgan fingerprint density at radius 3 is 0.750 bits per heavy atom. The summed E-state index contributed by atoms with van der Waals surface area (Å²) >= 11 is 0. The van der Waals surface area contributed by atoms with Crippen molar-refractivity contribution in [3.8, 4) is 0 Å². The number of hydrogen-bond donors (Lipinski definition) is 3. The molecular formula is CH3F3Na2O11S3. The predicted octanol–water partition coefficient (Wildman–Crippen LogP) is -7.59. The summed E-state index contributed by atoms with van der Waals surface area (Å²) in [4.78, 5) is 0. The molecule has 0 saturated heterocycles. The van der Waals surface area contributed by atoms with E-state index in [1.807, 2.05) is 0 Å². The zero-order valence-electron chi connectivity index (χ0n) is 9.47. The van der Waals surface area contributed by atoms with Crippen molar-refractivity contribution in [1.82, 2.24) is 0 Å². The maximum Gasteiger partial charge on any atom is 1.00 e. The molecule has 114 valence electrons. The third-order valence-corrected chi connectivity index (χ3v) is 0.877. The quantitative estimate of drug-likeness (QED) is 0.153. The molecule has 11 nitrogen and oxygen atoms in total. The first-order valence-corrected chi connectivity index (χ1v) is 6.82. The van der Waals surface area contributed by atoms with E-state index in [0.717, 1.165) is 0 Å². The van der Waals surface area contributed by atoms with Crippen molar-refractivity contribution in [2.75, 3.05) is 0 Å². The molecule has 0 aliphatic carbocycles. The Morgan fingerprint density at radius 1 is 0.700 bits per heavy atom. The molecule has 0 unspecified atom stereocenters. The van der Waals surface area contributed by atoms with E-state index in [1.54, 1.807) is 0 Å². The molecule has 0 atom stereocenters. The van der Waals surface area contributed by atoms with Gasteiger partial charge in [0, 0.05) is 0 Å². The molecule has 0 aromatic heterocycles. The fourth-order valence-corrected chi connectivity index (χ4v) is 0. The van der Waals surface area contributed by atoms with Crippen molar-refractivity contribution in [3.63, 3.8) is 0 Å². The molecule has 3 N–H and O–H groups in total. The summed E-state index contributed by atoms with van der Waals surface area (Å²) in [6.07, 6.45) is 0. The molecule has 20 heavy (non-hydrogen) atoms. The maximum absolute atomic E-state index is 10.7. The summed E-state index contributed by atoms with van der Waals surface area (Å²) in [5.74, 6) is 0. The molecule has 0 rings (SSSR count). The van der Waals surface area contributed by atoms with Gasteiger partial charge in [0.1, 0.15) is 0 Å². The molecule has 0 amide bonds. The molecule has 0 heterocycles. The Labute approximate surface area is 155 Å². The van der Waals surface area contributed by atoms with Crippen LogP contribution in [0.4, 0.5) is 13.2 Å². The van der Waals surface area contributed by atoms with E-state index in [9.17, 15) is 13.2 Å². The van der Waals surface area contributed by atoms with Gasteiger partial charge in [0.2, 0.25) is 20.8 Å². The van der Waals surface area contributed by atoms with Crippen LogP contribution in [0, 0.1) is 0 Å². The van der Waals surface area contributed by atoms with Gasteiger partial charge in [0.15, 0.2) is 0 Å². The van der Waals surface area contributed by atoms with Gasteiger partial charge in [-0.15, -0.1) is 0 Å². The molecule has 0 aliphatic heterocycles. The molecule has 0 aromatic rings. The fraction of sp³-hybridized carbons (Fsp3) is 1.00. The van der Waals surface area contributed by atoms with E-state index in [4.69, 9.17) is 48.0 Å². The summed E-state index contributed by atoms with van der Waals surface area (Å²) in [7, 11) is -15.7. The summed E-state index contributed by atoms with van der Waals surface area (Å²) in [5, 5.41) is 0. The maximum atomic E-state index is 10.7. The minimum Gasteiger partial charge on any atom is -0.726 e. The number of alkyl halides is 3. The van der Waals surface area contributed by atoms with Gasteiger partial charge < -0.3 is 9.11 Å². The van der Waals surface area contributed by atoms with Gasteiger partial charge in [0.25, 0.3) is 0 Å². The third kappa shape index (κ3) is 60.6. The average molecular weight is 390 g/mol. The van der Waals surface area contributed by atoms with E-state index in [-0.39, 0.29) is 59.1 Å². The van der Waals surface area contributed by atoms with E-state index in [1.165, 1.54) is 0 Å². The van der Waals surface area contributed by atoms with Crippen LogP contribution in [0.2, 0.25) is 0 Å². The van der Waals surface area contributed by atoms with Crippen LogP contribution in [0.1, 0.15) is 0 Å². The topological polar surface area (TPSA) is 209 Å². The zero-order valence-corrected chi connectivity index (χ0v) is 15.9. The van der Waals surface area contributed by atoms with Crippen LogP contribution < -0.4 is 59.1 Å². The summed E-state index contributed by atoms with van der Waals surface area (Å²) < 4.78 is 123. The number of rotatable bonds is 0. The molecular weight excluding hydrogens is 387 g/mol. The average Bonchev–Trinajstić information content (AvgIpc) is 1.70. The van der Waals surface area contributed by atoms with Crippen molar-refractivity contribution in [2.24, 2.45) is 0 Å². The van der Waals surface area contributed by atoms with Crippen molar-refractivity contribution < 1.29 is 120 Å². The second kappa shape index (κ2) is 11.9. The van der Waals surface area contributed by atoms with Gasteiger partial charge in [0.05, 0.1) is 0 Å². The van der Waals surface area contributed by atoms with Gasteiger partial charge in [-0.1, -0.05) is 0 Å². The second-order valence-corrected chi connectivity index (χ2v) is 4.90. The summed E-state index contributed by atoms with van der Waals surface area (Å²) in [6, 6.07) is 0. The molecule has 0 fully saturated rings. The van der Waals surface area contributed by atoms with E-state index in [0.29, 0.717) is 0 Å². The van der Waals surface area contributed by atoms with Gasteiger partial charge in [-0.05, 0) is 0 Å². The normalized spacial score (nSPS) is 11.4. The van der Waals surface area contributed by atoms with Crippen molar-refractivity contribution >= 4 is 30.9 Å². The minimum absolute atomic E-state index is 0. The van der Waals surface area contributed by atoms with Crippen LogP contribution in [-0.4, -0.2) is 53.5 Å². The SMILES string of the molecule is O=S(=O)(O)C(F)(F)F.O=S(=O)([O-])O.O=S(=O)([O-])O.[Na+].[Na+]. The molecule has 0 aromatic carbocycles. The van der Waals surface area contributed by atoms with E-state index >= 15 is 0 Å². The van der Waals surface area contributed by atoms with Crippen LogP contribution >= 0.6 is 0 Å². The summed E-state index contributed by atoms with van der Waals surface area (Å²) in [6.45, 7) is 0. The first-order chi connectivity index (χ1) is 7.25. The van der Waals surface area contributed by atoms with Crippen LogP contribution in [0.5, 0.6) is 0 Å². The van der Waals surface area contributed by atoms with Gasteiger partial charge in [-0.2, -0.15) is 21.6 Å². The minimum atomic E-state index is -5.84. The van der Waals surface area contributed by atoms with E-state index in [2.05, 4.69) is 0 Å². The van der Waals surface area contributed by atoms with Gasteiger partial charge >= 0.3 is 74.7 Å². The number of halogens is 3. The Balaban J connectivity index is -0.0000000558. The Bertz CT molecular complexity index is 482. The smallest absolute Gasteiger partial charge is 0.726 e. The predicted molar refractivity (Wildman–Crippen MR) is 42.3 cm³/mol. The van der Waals surface area contributed by atoms with Crippen molar-refractivity contribution in [3.05, 3.63) is 0 Å². The first kappa shape index (κ1) is 33.1. The Kier molecular flexibility index (Phi) is 19.8.